The van der Waals surface area contributed by atoms with E-state index >= 15 is 0 Å². The Balaban J connectivity index is 1.65. The van der Waals surface area contributed by atoms with Crippen molar-refractivity contribution in [3.05, 3.63) is 24.2 Å². The Morgan fingerprint density at radius 2 is 2.00 bits per heavy atom. The lowest BCUT2D eigenvalue weighted by molar-refractivity contribution is -0.163. The molecule has 2 fully saturated rings. The maximum Gasteiger partial charge on any atom is 0.323 e. The molecule has 2 aliphatic rings. The minimum atomic E-state index is -2.09. The average molecular weight is 599 g/mol. The van der Waals surface area contributed by atoms with Crippen LogP contribution in [0.2, 0.25) is 0 Å². The Bertz CT molecular complexity index is 1380. The predicted molar refractivity (Wildman–Crippen MR) is 154 cm³/mol. The monoisotopic (exact) mass is 598 g/mol. The molecule has 0 bridgehead atoms. The van der Waals surface area contributed by atoms with Gasteiger partial charge in [0.2, 0.25) is 11.5 Å². The number of aliphatic hydroxyl groups excluding tert-OH is 1. The van der Waals surface area contributed by atoms with Crippen molar-refractivity contribution in [1.82, 2.24) is 14.6 Å². The van der Waals surface area contributed by atoms with Crippen molar-refractivity contribution in [1.29, 1.82) is 5.26 Å². The van der Waals surface area contributed by atoms with E-state index in [2.05, 4.69) is 15.4 Å². The van der Waals surface area contributed by atoms with Gasteiger partial charge < -0.3 is 30.4 Å². The van der Waals surface area contributed by atoms with E-state index in [0.29, 0.717) is 11.9 Å². The van der Waals surface area contributed by atoms with E-state index in [1.54, 1.807) is 33.8 Å². The molecule has 0 radical (unpaired) electrons. The number of aliphatic hydroxyl groups is 1. The molecule has 13 heteroatoms. The van der Waals surface area contributed by atoms with Crippen LogP contribution < -0.4 is 11.1 Å². The number of ether oxygens (including phenoxy) is 3. The first kappa shape index (κ1) is 32.3. The molecular weight excluding hydrogens is 556 g/mol. The second kappa shape index (κ2) is 13.0. The van der Waals surface area contributed by atoms with Gasteiger partial charge in [0, 0.05) is 12.3 Å². The van der Waals surface area contributed by atoms with Gasteiger partial charge in [-0.25, -0.2) is 9.50 Å². The van der Waals surface area contributed by atoms with Crippen LogP contribution in [-0.2, 0) is 34.2 Å². The molecule has 0 spiro atoms. The number of carbonyl (C=O) groups excluding carboxylic acids is 3. The molecule has 4 N–H and O–H groups in total. The fourth-order valence-electron chi connectivity index (χ4n) is 5.42. The second-order valence-corrected chi connectivity index (χ2v) is 12.7. The van der Waals surface area contributed by atoms with E-state index in [1.807, 2.05) is 13.0 Å². The van der Waals surface area contributed by atoms with Gasteiger partial charge in [0.05, 0.1) is 5.69 Å². The number of carbonyl (C=O) groups is 3. The number of nitrogens with two attached hydrogens (primary N) is 1. The largest absolute Gasteiger partial charge is 0.463 e. The SMILES string of the molecule is CC[C@@H](C)C(=O)Nc1ncnn2c([C@]3(C#N)O[C@H](COC(=O)CC4CCCC4)[C@@H](OC(=O)[C@H](N)C(C)(C)C)[C@H]3O)ccc12. The van der Waals surface area contributed by atoms with Gasteiger partial charge >= 0.3 is 11.9 Å². The molecule has 6 atom stereocenters. The summed E-state index contributed by atoms with van der Waals surface area (Å²) in [6.07, 6.45) is 1.86. The van der Waals surface area contributed by atoms with Gasteiger partial charge in [0.15, 0.2) is 11.9 Å². The molecule has 1 saturated heterocycles. The van der Waals surface area contributed by atoms with E-state index in [9.17, 15) is 24.8 Å². The smallest absolute Gasteiger partial charge is 0.323 e. The Morgan fingerprint density at radius 3 is 2.63 bits per heavy atom. The van der Waals surface area contributed by atoms with Crippen LogP contribution >= 0.6 is 0 Å². The molecule has 2 aromatic heterocycles. The molecule has 1 saturated carbocycles. The summed E-state index contributed by atoms with van der Waals surface area (Å²) < 4.78 is 18.7. The summed E-state index contributed by atoms with van der Waals surface area (Å²) >= 11 is 0. The number of aromatic nitrogens is 3. The first-order chi connectivity index (χ1) is 20.3. The van der Waals surface area contributed by atoms with Crippen LogP contribution in [0.25, 0.3) is 5.52 Å². The fraction of sp³-hybridized carbons (Fsp3) is 0.667. The minimum absolute atomic E-state index is 0.111. The summed E-state index contributed by atoms with van der Waals surface area (Å²) in [6.45, 7) is 8.64. The fourth-order valence-corrected chi connectivity index (χ4v) is 5.42. The Hall–Kier alpha value is -3.60. The first-order valence-corrected chi connectivity index (χ1v) is 14.8. The highest BCUT2D eigenvalue weighted by Crippen LogP contribution is 2.42. The molecule has 0 aromatic carbocycles. The number of amides is 1. The zero-order valence-electron chi connectivity index (χ0n) is 25.4. The summed E-state index contributed by atoms with van der Waals surface area (Å²) in [4.78, 5) is 42.5. The molecule has 1 aliphatic heterocycles. The summed E-state index contributed by atoms with van der Waals surface area (Å²) in [5.74, 6) is -1.27. The van der Waals surface area contributed by atoms with E-state index < -0.39 is 47.3 Å². The molecule has 2 aromatic rings. The molecule has 13 nitrogen and oxygen atoms in total. The molecule has 3 heterocycles. The van der Waals surface area contributed by atoms with Gasteiger partial charge in [-0.1, -0.05) is 47.5 Å². The van der Waals surface area contributed by atoms with Gasteiger partial charge in [-0.2, -0.15) is 10.4 Å². The van der Waals surface area contributed by atoms with E-state index in [-0.39, 0.29) is 42.3 Å². The lowest BCUT2D eigenvalue weighted by Crippen LogP contribution is -2.49. The molecular formula is C30H42N6O7. The Kier molecular flexibility index (Phi) is 9.73. The van der Waals surface area contributed by atoms with Crippen LogP contribution in [0, 0.1) is 28.6 Å². The van der Waals surface area contributed by atoms with Crippen molar-refractivity contribution in [3.63, 3.8) is 0 Å². The lowest BCUT2D eigenvalue weighted by atomic mass is 9.87. The topological polar surface area (TPSA) is 191 Å². The molecule has 1 aliphatic carbocycles. The van der Waals surface area contributed by atoms with Crippen molar-refractivity contribution in [2.24, 2.45) is 23.0 Å². The van der Waals surface area contributed by atoms with E-state index in [1.165, 1.54) is 16.9 Å². The van der Waals surface area contributed by atoms with Crippen LogP contribution in [0.5, 0.6) is 0 Å². The number of nitriles is 1. The molecule has 4 rings (SSSR count). The number of anilines is 1. The van der Waals surface area contributed by atoms with Gasteiger partial charge in [0.25, 0.3) is 0 Å². The van der Waals surface area contributed by atoms with Gasteiger partial charge in [0.1, 0.15) is 42.8 Å². The Labute approximate surface area is 251 Å². The maximum absolute atomic E-state index is 13.1. The maximum atomic E-state index is 13.1. The van der Waals surface area contributed by atoms with Crippen molar-refractivity contribution >= 4 is 29.2 Å². The third kappa shape index (κ3) is 6.66. The quantitative estimate of drug-likeness (QED) is 0.341. The number of esters is 2. The first-order valence-electron chi connectivity index (χ1n) is 14.8. The number of nitrogens with one attached hydrogen (secondary N) is 1. The normalized spacial score (nSPS) is 25.7. The van der Waals surface area contributed by atoms with Crippen molar-refractivity contribution < 1.29 is 33.7 Å². The van der Waals surface area contributed by atoms with Gasteiger partial charge in [-0.15, -0.1) is 0 Å². The summed E-state index contributed by atoms with van der Waals surface area (Å²) in [5, 5.41) is 29.1. The van der Waals surface area contributed by atoms with Gasteiger partial charge in [-0.05, 0) is 42.7 Å². The highest BCUT2D eigenvalue weighted by molar-refractivity contribution is 5.94. The number of nitrogens with zero attached hydrogens (tertiary/aromatic N) is 4. The van der Waals surface area contributed by atoms with Crippen LogP contribution in [0.3, 0.4) is 0 Å². The molecule has 0 unspecified atom stereocenters. The lowest BCUT2D eigenvalue weighted by Gasteiger charge is -2.29. The standard InChI is InChI=1S/C30H42N6O7/c1-6-17(2)27(39)35-26-19-11-12-21(36(19)34-16-33-26)30(15-31)25(38)23(42-28(40)24(32)29(3,4)5)20(43-30)14-41-22(37)13-18-9-7-8-10-18/h11-12,16-18,20,23-25,38H,6-10,13-14,32H2,1-5H3,(H,33,34,35,39)/t17-,20-,23-,24+,25-,30+/m1/s1. The van der Waals surface area contributed by atoms with Crippen molar-refractivity contribution in [3.8, 4) is 6.07 Å². The molecule has 1 amide bonds. The molecule has 43 heavy (non-hydrogen) atoms. The summed E-state index contributed by atoms with van der Waals surface area (Å²) in [5.41, 5.74) is 3.86. The number of fused-ring (bicyclic) bond motifs is 1. The third-order valence-electron chi connectivity index (χ3n) is 8.51. The van der Waals surface area contributed by atoms with Crippen molar-refractivity contribution in [2.45, 2.75) is 103 Å². The average Bonchev–Trinajstić information content (AvgIpc) is 3.70. The molecule has 234 valence electrons. The summed E-state index contributed by atoms with van der Waals surface area (Å²) in [7, 11) is 0. The third-order valence-corrected chi connectivity index (χ3v) is 8.51. The highest BCUT2D eigenvalue weighted by atomic mass is 16.6. The van der Waals surface area contributed by atoms with Crippen LogP contribution in [0.1, 0.15) is 78.8 Å². The minimum Gasteiger partial charge on any atom is -0.463 e. The van der Waals surface area contributed by atoms with Crippen molar-refractivity contribution in [2.75, 3.05) is 11.9 Å². The highest BCUT2D eigenvalue weighted by Gasteiger charge is 2.60. The second-order valence-electron chi connectivity index (χ2n) is 12.7. The Morgan fingerprint density at radius 1 is 1.30 bits per heavy atom. The number of hydrogen-bond donors (Lipinski definition) is 3. The number of hydrogen-bond acceptors (Lipinski definition) is 11. The number of rotatable bonds is 10. The van der Waals surface area contributed by atoms with Crippen LogP contribution in [-0.4, -0.2) is 68.5 Å². The van der Waals surface area contributed by atoms with Crippen LogP contribution in [0.15, 0.2) is 18.5 Å². The van der Waals surface area contributed by atoms with E-state index in [4.69, 9.17) is 19.9 Å². The predicted octanol–water partition coefficient (Wildman–Crippen LogP) is 2.60. The van der Waals surface area contributed by atoms with E-state index in [0.717, 1.165) is 25.7 Å². The van der Waals surface area contributed by atoms with Crippen LogP contribution in [0.4, 0.5) is 5.82 Å². The van der Waals surface area contributed by atoms with Gasteiger partial charge in [-0.3, -0.25) is 14.4 Å². The summed E-state index contributed by atoms with van der Waals surface area (Å²) in [6, 6.07) is 4.11. The zero-order chi connectivity index (χ0) is 31.5. The zero-order valence-corrected chi connectivity index (χ0v) is 25.4.